The second kappa shape index (κ2) is 5.86. The standard InChI is InChI=1S/C10H16N4O.ClH/c1-8-9(7-12-13-8)10(15)14-5-2-3-11-4-6-14;/h7,11H,2-6H2,1H3,(H,12,13);1H. The van der Waals surface area contributed by atoms with Crippen LogP contribution in [0.25, 0.3) is 0 Å². The Bertz CT molecular complexity index is 344. The van der Waals surface area contributed by atoms with Gasteiger partial charge in [0, 0.05) is 25.3 Å². The first-order chi connectivity index (χ1) is 7.29. The molecule has 0 aliphatic carbocycles. The van der Waals surface area contributed by atoms with E-state index in [2.05, 4.69) is 15.5 Å². The topological polar surface area (TPSA) is 61.0 Å². The molecule has 90 valence electrons. The van der Waals surface area contributed by atoms with E-state index in [1.54, 1.807) is 6.20 Å². The van der Waals surface area contributed by atoms with Crippen molar-refractivity contribution in [2.45, 2.75) is 13.3 Å². The van der Waals surface area contributed by atoms with Crippen LogP contribution in [0.3, 0.4) is 0 Å². The molecule has 16 heavy (non-hydrogen) atoms. The number of carbonyl (C=O) groups excluding carboxylic acids is 1. The van der Waals surface area contributed by atoms with Crippen molar-refractivity contribution in [2.75, 3.05) is 26.2 Å². The molecule has 0 unspecified atom stereocenters. The van der Waals surface area contributed by atoms with Gasteiger partial charge in [-0.05, 0) is 19.9 Å². The lowest BCUT2D eigenvalue weighted by molar-refractivity contribution is 0.0765. The molecule has 1 aliphatic heterocycles. The lowest BCUT2D eigenvalue weighted by Gasteiger charge is -2.19. The predicted molar refractivity (Wildman–Crippen MR) is 64.0 cm³/mol. The zero-order chi connectivity index (χ0) is 10.7. The summed E-state index contributed by atoms with van der Waals surface area (Å²) in [6, 6.07) is 0. The van der Waals surface area contributed by atoms with Gasteiger partial charge in [0.05, 0.1) is 11.8 Å². The first-order valence-corrected chi connectivity index (χ1v) is 5.29. The summed E-state index contributed by atoms with van der Waals surface area (Å²) in [6.45, 7) is 5.35. The predicted octanol–water partition coefficient (Wildman–Crippen LogP) is 0.575. The lowest BCUT2D eigenvalue weighted by Crippen LogP contribution is -2.34. The molecule has 2 heterocycles. The Morgan fingerprint density at radius 3 is 2.94 bits per heavy atom. The highest BCUT2D eigenvalue weighted by molar-refractivity contribution is 5.95. The molecule has 0 saturated carbocycles. The van der Waals surface area contributed by atoms with Crippen LogP contribution in [0.5, 0.6) is 0 Å². The minimum atomic E-state index is 0. The van der Waals surface area contributed by atoms with Crippen LogP contribution in [0.15, 0.2) is 6.20 Å². The fraction of sp³-hybridized carbons (Fsp3) is 0.600. The van der Waals surface area contributed by atoms with Gasteiger partial charge in [0.1, 0.15) is 0 Å². The first kappa shape index (κ1) is 13.0. The maximum absolute atomic E-state index is 12.1. The van der Waals surface area contributed by atoms with Crippen molar-refractivity contribution < 1.29 is 4.79 Å². The van der Waals surface area contributed by atoms with Crippen molar-refractivity contribution in [1.82, 2.24) is 20.4 Å². The van der Waals surface area contributed by atoms with Gasteiger partial charge in [0.2, 0.25) is 0 Å². The minimum Gasteiger partial charge on any atom is -0.337 e. The van der Waals surface area contributed by atoms with E-state index in [4.69, 9.17) is 0 Å². The van der Waals surface area contributed by atoms with Gasteiger partial charge in [-0.3, -0.25) is 9.89 Å². The Labute approximate surface area is 101 Å². The Morgan fingerprint density at radius 2 is 2.25 bits per heavy atom. The molecular formula is C10H17ClN4O. The molecule has 0 spiro atoms. The van der Waals surface area contributed by atoms with E-state index in [-0.39, 0.29) is 18.3 Å². The number of amides is 1. The average molecular weight is 245 g/mol. The molecule has 1 amide bonds. The van der Waals surface area contributed by atoms with Gasteiger partial charge in [0.25, 0.3) is 5.91 Å². The summed E-state index contributed by atoms with van der Waals surface area (Å²) in [4.78, 5) is 14.0. The van der Waals surface area contributed by atoms with Crippen molar-refractivity contribution in [2.24, 2.45) is 0 Å². The number of aromatic amines is 1. The van der Waals surface area contributed by atoms with Crippen LogP contribution in [0.4, 0.5) is 0 Å². The summed E-state index contributed by atoms with van der Waals surface area (Å²) in [5.41, 5.74) is 1.54. The smallest absolute Gasteiger partial charge is 0.257 e. The number of nitrogens with zero attached hydrogens (tertiary/aromatic N) is 2. The molecule has 0 atom stereocenters. The first-order valence-electron chi connectivity index (χ1n) is 5.29. The summed E-state index contributed by atoms with van der Waals surface area (Å²) in [7, 11) is 0. The van der Waals surface area contributed by atoms with E-state index in [1.165, 1.54) is 0 Å². The van der Waals surface area contributed by atoms with Gasteiger partial charge in [-0.1, -0.05) is 0 Å². The second-order valence-corrected chi connectivity index (χ2v) is 3.80. The number of rotatable bonds is 1. The van der Waals surface area contributed by atoms with Gasteiger partial charge < -0.3 is 10.2 Å². The zero-order valence-electron chi connectivity index (χ0n) is 9.32. The van der Waals surface area contributed by atoms with E-state index < -0.39 is 0 Å². The highest BCUT2D eigenvalue weighted by Crippen LogP contribution is 2.08. The van der Waals surface area contributed by atoms with Crippen LogP contribution in [0, 0.1) is 6.92 Å². The quantitative estimate of drug-likeness (QED) is 0.760. The molecule has 5 nitrogen and oxygen atoms in total. The average Bonchev–Trinajstić information content (AvgIpc) is 2.53. The highest BCUT2D eigenvalue weighted by atomic mass is 35.5. The molecule has 1 aromatic heterocycles. The maximum Gasteiger partial charge on any atom is 0.257 e. The Morgan fingerprint density at radius 1 is 1.44 bits per heavy atom. The number of aromatic nitrogens is 2. The van der Waals surface area contributed by atoms with Crippen LogP contribution in [0.1, 0.15) is 22.5 Å². The maximum atomic E-state index is 12.1. The molecule has 1 aliphatic rings. The molecule has 1 saturated heterocycles. The largest absolute Gasteiger partial charge is 0.337 e. The van der Waals surface area contributed by atoms with Crippen molar-refractivity contribution in [3.05, 3.63) is 17.5 Å². The molecule has 0 bridgehead atoms. The molecule has 2 rings (SSSR count). The number of hydrogen-bond acceptors (Lipinski definition) is 3. The third-order valence-electron chi connectivity index (χ3n) is 2.69. The van der Waals surface area contributed by atoms with Crippen molar-refractivity contribution >= 4 is 18.3 Å². The Balaban J connectivity index is 0.00000128. The van der Waals surface area contributed by atoms with Crippen LogP contribution < -0.4 is 5.32 Å². The molecule has 1 fully saturated rings. The summed E-state index contributed by atoms with van der Waals surface area (Å²) < 4.78 is 0. The van der Waals surface area contributed by atoms with Crippen LogP contribution >= 0.6 is 12.4 Å². The monoisotopic (exact) mass is 244 g/mol. The Hall–Kier alpha value is -1.07. The van der Waals surface area contributed by atoms with E-state index in [0.29, 0.717) is 5.56 Å². The normalized spacial score (nSPS) is 16.4. The fourth-order valence-corrected chi connectivity index (χ4v) is 1.79. The third-order valence-corrected chi connectivity index (χ3v) is 2.69. The van der Waals surface area contributed by atoms with Crippen molar-refractivity contribution in [1.29, 1.82) is 0 Å². The summed E-state index contributed by atoms with van der Waals surface area (Å²) >= 11 is 0. The molecule has 0 aromatic carbocycles. The number of hydrogen-bond donors (Lipinski definition) is 2. The number of H-pyrrole nitrogens is 1. The molecule has 0 radical (unpaired) electrons. The Kier molecular flexibility index (Phi) is 4.76. The van der Waals surface area contributed by atoms with Gasteiger partial charge >= 0.3 is 0 Å². The van der Waals surface area contributed by atoms with Gasteiger partial charge in [-0.2, -0.15) is 5.10 Å². The summed E-state index contributed by atoms with van der Waals surface area (Å²) in [5, 5.41) is 9.94. The molecule has 6 heteroatoms. The minimum absolute atomic E-state index is 0. The van der Waals surface area contributed by atoms with E-state index in [1.807, 2.05) is 11.8 Å². The van der Waals surface area contributed by atoms with Crippen LogP contribution in [-0.4, -0.2) is 47.2 Å². The van der Waals surface area contributed by atoms with Crippen LogP contribution in [-0.2, 0) is 0 Å². The van der Waals surface area contributed by atoms with E-state index >= 15 is 0 Å². The van der Waals surface area contributed by atoms with Gasteiger partial charge in [-0.15, -0.1) is 12.4 Å². The van der Waals surface area contributed by atoms with Gasteiger partial charge in [0.15, 0.2) is 0 Å². The number of halogens is 1. The summed E-state index contributed by atoms with van der Waals surface area (Å²) in [5.74, 6) is 0.0879. The highest BCUT2D eigenvalue weighted by Gasteiger charge is 2.19. The number of nitrogens with one attached hydrogen (secondary N) is 2. The van der Waals surface area contributed by atoms with Crippen molar-refractivity contribution in [3.63, 3.8) is 0 Å². The molecule has 2 N–H and O–H groups in total. The second-order valence-electron chi connectivity index (χ2n) is 3.80. The zero-order valence-corrected chi connectivity index (χ0v) is 10.1. The SMILES string of the molecule is Cc1[nH]ncc1C(=O)N1CCCNCC1.Cl. The van der Waals surface area contributed by atoms with E-state index in [0.717, 1.165) is 38.3 Å². The van der Waals surface area contributed by atoms with E-state index in [9.17, 15) is 4.79 Å². The number of carbonyl (C=O) groups is 1. The van der Waals surface area contributed by atoms with Gasteiger partial charge in [-0.25, -0.2) is 0 Å². The summed E-state index contributed by atoms with van der Waals surface area (Å²) in [6.07, 6.45) is 2.62. The molecular weight excluding hydrogens is 228 g/mol. The lowest BCUT2D eigenvalue weighted by atomic mass is 10.2. The third kappa shape index (κ3) is 2.74. The molecule has 1 aromatic rings. The fourth-order valence-electron chi connectivity index (χ4n) is 1.79. The van der Waals surface area contributed by atoms with Crippen molar-refractivity contribution in [3.8, 4) is 0 Å². The number of aryl methyl sites for hydroxylation is 1. The van der Waals surface area contributed by atoms with Crippen LogP contribution in [0.2, 0.25) is 0 Å².